The molecule has 0 atom stereocenters. The smallest absolute Gasteiger partial charge is 0.350 e. The Kier molecular flexibility index (Phi) is 7.20. The van der Waals surface area contributed by atoms with E-state index in [1.165, 1.54) is 11.1 Å². The summed E-state index contributed by atoms with van der Waals surface area (Å²) in [6.07, 6.45) is 3.59. The number of hydrogen-bond acceptors (Lipinski definition) is 8. The van der Waals surface area contributed by atoms with Gasteiger partial charge in [0.05, 0.1) is 30.1 Å². The summed E-state index contributed by atoms with van der Waals surface area (Å²) in [6, 6.07) is 9.55. The Balaban J connectivity index is 1.73. The summed E-state index contributed by atoms with van der Waals surface area (Å²) < 4.78 is 5.14. The molecule has 0 spiro atoms. The second kappa shape index (κ2) is 10.3. The standard InChI is InChI=1S/C23H24ClN5O3S/c1-3-32-21(31)19-15(2)26-23(33-19)29(14-16-9-5-4-6-10-16)20(30)18-17(24)13-25-22(27-18)28-11-7-8-12-28/h4-6,9-10,13H,3,7-8,11-12,14H2,1-2H3. The van der Waals surface area contributed by atoms with Gasteiger partial charge in [-0.1, -0.05) is 53.3 Å². The maximum atomic E-state index is 13.7. The summed E-state index contributed by atoms with van der Waals surface area (Å²) in [5.74, 6) is -0.374. The molecule has 1 fully saturated rings. The van der Waals surface area contributed by atoms with E-state index >= 15 is 0 Å². The lowest BCUT2D eigenvalue weighted by Gasteiger charge is -2.21. The molecule has 2 aromatic heterocycles. The van der Waals surface area contributed by atoms with E-state index in [0.29, 0.717) is 21.7 Å². The van der Waals surface area contributed by atoms with Gasteiger partial charge in [0.2, 0.25) is 5.95 Å². The third-order valence-electron chi connectivity index (χ3n) is 5.23. The number of esters is 1. The van der Waals surface area contributed by atoms with Gasteiger partial charge in [0.25, 0.3) is 5.91 Å². The second-order valence-electron chi connectivity index (χ2n) is 7.57. The fraction of sp³-hybridized carbons (Fsp3) is 0.348. The van der Waals surface area contributed by atoms with Gasteiger partial charge in [-0.3, -0.25) is 9.69 Å². The van der Waals surface area contributed by atoms with Crippen LogP contribution in [0.5, 0.6) is 0 Å². The van der Waals surface area contributed by atoms with E-state index < -0.39 is 11.9 Å². The molecule has 3 heterocycles. The van der Waals surface area contributed by atoms with Crippen LogP contribution in [-0.4, -0.2) is 46.5 Å². The van der Waals surface area contributed by atoms with E-state index in [-0.39, 0.29) is 23.9 Å². The normalized spacial score (nSPS) is 13.2. The Labute approximate surface area is 201 Å². The average Bonchev–Trinajstić information content (AvgIpc) is 3.48. The second-order valence-corrected chi connectivity index (χ2v) is 8.95. The molecule has 1 aromatic carbocycles. The number of carbonyl (C=O) groups is 2. The predicted molar refractivity (Wildman–Crippen MR) is 128 cm³/mol. The first-order valence-electron chi connectivity index (χ1n) is 10.8. The Bertz CT molecular complexity index is 1150. The van der Waals surface area contributed by atoms with Crippen LogP contribution in [0, 0.1) is 6.92 Å². The fourth-order valence-electron chi connectivity index (χ4n) is 3.58. The zero-order chi connectivity index (χ0) is 23.4. The van der Waals surface area contributed by atoms with Crippen molar-refractivity contribution in [3.05, 3.63) is 63.4 Å². The van der Waals surface area contributed by atoms with Crippen LogP contribution in [0.1, 0.15) is 51.2 Å². The third-order valence-corrected chi connectivity index (χ3v) is 6.67. The van der Waals surface area contributed by atoms with Crippen molar-refractivity contribution < 1.29 is 14.3 Å². The monoisotopic (exact) mass is 485 g/mol. The molecule has 4 rings (SSSR count). The number of nitrogens with zero attached hydrogens (tertiary/aromatic N) is 5. The highest BCUT2D eigenvalue weighted by atomic mass is 35.5. The molecule has 3 aromatic rings. The Morgan fingerprint density at radius 1 is 1.18 bits per heavy atom. The highest BCUT2D eigenvalue weighted by Gasteiger charge is 2.28. The molecule has 0 bridgehead atoms. The van der Waals surface area contributed by atoms with Crippen molar-refractivity contribution in [1.82, 2.24) is 15.0 Å². The van der Waals surface area contributed by atoms with Gasteiger partial charge in [-0.2, -0.15) is 0 Å². The molecule has 10 heteroatoms. The van der Waals surface area contributed by atoms with Gasteiger partial charge in [0, 0.05) is 13.1 Å². The summed E-state index contributed by atoms with van der Waals surface area (Å²) in [7, 11) is 0. The number of thiazole rings is 1. The molecule has 1 aliphatic rings. The number of rotatable bonds is 7. The SMILES string of the molecule is CCOC(=O)c1sc(N(Cc2ccccc2)C(=O)c2nc(N3CCCC3)ncc2Cl)nc1C. The highest BCUT2D eigenvalue weighted by molar-refractivity contribution is 7.17. The zero-order valence-electron chi connectivity index (χ0n) is 18.5. The summed E-state index contributed by atoms with van der Waals surface area (Å²) in [4.78, 5) is 43.3. The number of benzene rings is 1. The number of amides is 1. The average molecular weight is 486 g/mol. The van der Waals surface area contributed by atoms with Gasteiger partial charge < -0.3 is 9.64 Å². The topological polar surface area (TPSA) is 88.5 Å². The highest BCUT2D eigenvalue weighted by Crippen LogP contribution is 2.30. The van der Waals surface area contributed by atoms with E-state index in [2.05, 4.69) is 15.0 Å². The van der Waals surface area contributed by atoms with E-state index in [4.69, 9.17) is 16.3 Å². The van der Waals surface area contributed by atoms with Crippen LogP contribution < -0.4 is 9.80 Å². The molecule has 33 heavy (non-hydrogen) atoms. The number of carbonyl (C=O) groups excluding carboxylic acids is 2. The van der Waals surface area contributed by atoms with Crippen molar-refractivity contribution in [3.8, 4) is 0 Å². The number of halogens is 1. The third kappa shape index (κ3) is 5.15. The lowest BCUT2D eigenvalue weighted by molar-refractivity contribution is 0.0531. The van der Waals surface area contributed by atoms with Crippen LogP contribution >= 0.6 is 22.9 Å². The molecule has 0 radical (unpaired) electrons. The summed E-state index contributed by atoms with van der Waals surface area (Å²) in [5.41, 5.74) is 1.52. The van der Waals surface area contributed by atoms with Crippen molar-refractivity contribution in [2.45, 2.75) is 33.2 Å². The van der Waals surface area contributed by atoms with Gasteiger partial charge in [0.1, 0.15) is 4.88 Å². The number of aryl methyl sites for hydroxylation is 1. The van der Waals surface area contributed by atoms with Crippen molar-refractivity contribution in [2.75, 3.05) is 29.5 Å². The molecule has 0 unspecified atom stereocenters. The van der Waals surface area contributed by atoms with Gasteiger partial charge in [0.15, 0.2) is 10.8 Å². The van der Waals surface area contributed by atoms with Crippen LogP contribution in [0.3, 0.4) is 0 Å². The molecule has 0 saturated carbocycles. The minimum absolute atomic E-state index is 0.107. The molecule has 0 aliphatic carbocycles. The van der Waals surface area contributed by atoms with Crippen molar-refractivity contribution in [3.63, 3.8) is 0 Å². The van der Waals surface area contributed by atoms with Gasteiger partial charge >= 0.3 is 5.97 Å². The fourth-order valence-corrected chi connectivity index (χ4v) is 4.71. The van der Waals surface area contributed by atoms with Crippen LogP contribution in [0.15, 0.2) is 36.5 Å². The summed E-state index contributed by atoms with van der Waals surface area (Å²) >= 11 is 7.49. The van der Waals surface area contributed by atoms with Gasteiger partial charge in [-0.25, -0.2) is 19.7 Å². The van der Waals surface area contributed by atoms with Crippen molar-refractivity contribution in [2.24, 2.45) is 0 Å². The minimum atomic E-state index is -0.456. The first kappa shape index (κ1) is 23.1. The van der Waals surface area contributed by atoms with E-state index in [0.717, 1.165) is 42.8 Å². The van der Waals surface area contributed by atoms with E-state index in [9.17, 15) is 9.59 Å². The number of ether oxygens (including phenoxy) is 1. The number of hydrogen-bond donors (Lipinski definition) is 0. The molecule has 1 aliphatic heterocycles. The minimum Gasteiger partial charge on any atom is -0.462 e. The van der Waals surface area contributed by atoms with Crippen molar-refractivity contribution >= 4 is 45.9 Å². The molecule has 172 valence electrons. The van der Waals surface area contributed by atoms with Crippen LogP contribution in [0.25, 0.3) is 0 Å². The number of anilines is 2. The maximum Gasteiger partial charge on any atom is 0.350 e. The van der Waals surface area contributed by atoms with Crippen LogP contribution in [0.2, 0.25) is 5.02 Å². The molecular formula is C23H24ClN5O3S. The lowest BCUT2D eigenvalue weighted by Crippen LogP contribution is -2.32. The van der Waals surface area contributed by atoms with Crippen LogP contribution in [-0.2, 0) is 11.3 Å². The zero-order valence-corrected chi connectivity index (χ0v) is 20.0. The Hall–Kier alpha value is -3.04. The van der Waals surface area contributed by atoms with Gasteiger partial charge in [-0.05, 0) is 32.3 Å². The predicted octanol–water partition coefficient (Wildman–Crippen LogP) is 4.52. The first-order chi connectivity index (χ1) is 16.0. The molecule has 0 N–H and O–H groups in total. The molecule has 1 saturated heterocycles. The summed E-state index contributed by atoms with van der Waals surface area (Å²) in [6.45, 7) is 5.66. The number of aromatic nitrogens is 3. The van der Waals surface area contributed by atoms with Crippen molar-refractivity contribution in [1.29, 1.82) is 0 Å². The van der Waals surface area contributed by atoms with E-state index in [1.54, 1.807) is 13.8 Å². The van der Waals surface area contributed by atoms with E-state index in [1.807, 2.05) is 35.2 Å². The Morgan fingerprint density at radius 3 is 2.61 bits per heavy atom. The molecule has 8 nitrogen and oxygen atoms in total. The summed E-state index contributed by atoms with van der Waals surface area (Å²) in [5, 5.41) is 0.543. The molecular weight excluding hydrogens is 462 g/mol. The lowest BCUT2D eigenvalue weighted by atomic mass is 10.2. The quantitative estimate of drug-likeness (QED) is 0.454. The maximum absolute atomic E-state index is 13.7. The van der Waals surface area contributed by atoms with Gasteiger partial charge in [-0.15, -0.1) is 0 Å². The Morgan fingerprint density at radius 2 is 1.91 bits per heavy atom. The first-order valence-corrected chi connectivity index (χ1v) is 11.9. The molecule has 1 amide bonds. The largest absolute Gasteiger partial charge is 0.462 e. The van der Waals surface area contributed by atoms with Crippen LogP contribution in [0.4, 0.5) is 11.1 Å².